The highest BCUT2D eigenvalue weighted by molar-refractivity contribution is 5.85. The number of carbonyl (C=O) groups is 1. The van der Waals surface area contributed by atoms with Gasteiger partial charge in [0.05, 0.1) is 0 Å². The van der Waals surface area contributed by atoms with Gasteiger partial charge in [-0.05, 0) is 35.9 Å². The molecule has 0 bridgehead atoms. The Morgan fingerprint density at radius 2 is 1.90 bits per heavy atom. The number of hydrogen-bond donors (Lipinski definition) is 1. The first-order chi connectivity index (χ1) is 10.2. The lowest BCUT2D eigenvalue weighted by Crippen LogP contribution is -1.92. The number of ether oxygens (including phenoxy) is 3. The molecule has 1 aliphatic rings. The van der Waals surface area contributed by atoms with E-state index in [0.717, 1.165) is 11.6 Å². The van der Waals surface area contributed by atoms with Crippen molar-refractivity contribution in [2.75, 3.05) is 6.79 Å². The van der Waals surface area contributed by atoms with Crippen molar-refractivity contribution in [3.63, 3.8) is 0 Å². The molecule has 0 fully saturated rings. The van der Waals surface area contributed by atoms with E-state index in [0.29, 0.717) is 23.0 Å². The third-order valence-corrected chi connectivity index (χ3v) is 2.86. The van der Waals surface area contributed by atoms with Gasteiger partial charge in [0.15, 0.2) is 11.5 Å². The highest BCUT2D eigenvalue weighted by Crippen LogP contribution is 2.36. The van der Waals surface area contributed by atoms with E-state index in [1.807, 2.05) is 0 Å². The highest BCUT2D eigenvalue weighted by Gasteiger charge is 2.13. The summed E-state index contributed by atoms with van der Waals surface area (Å²) in [5.74, 6) is 1.59. The SMILES string of the molecule is O=C(O)C=Cc1cccc(Oc2ccc3c(c2)OCO3)c1. The predicted molar refractivity (Wildman–Crippen MR) is 75.8 cm³/mol. The van der Waals surface area contributed by atoms with Crippen molar-refractivity contribution in [2.45, 2.75) is 0 Å². The number of benzene rings is 2. The van der Waals surface area contributed by atoms with Gasteiger partial charge < -0.3 is 19.3 Å². The molecule has 0 spiro atoms. The maximum Gasteiger partial charge on any atom is 0.328 e. The fourth-order valence-corrected chi connectivity index (χ4v) is 1.93. The van der Waals surface area contributed by atoms with Crippen molar-refractivity contribution in [3.8, 4) is 23.0 Å². The van der Waals surface area contributed by atoms with E-state index in [1.54, 1.807) is 42.5 Å². The molecule has 5 nitrogen and oxygen atoms in total. The smallest absolute Gasteiger partial charge is 0.328 e. The van der Waals surface area contributed by atoms with E-state index < -0.39 is 5.97 Å². The zero-order valence-corrected chi connectivity index (χ0v) is 11.0. The second-order valence-electron chi connectivity index (χ2n) is 4.36. The topological polar surface area (TPSA) is 65.0 Å². The van der Waals surface area contributed by atoms with Crippen LogP contribution in [-0.4, -0.2) is 17.9 Å². The average Bonchev–Trinajstić information content (AvgIpc) is 2.93. The van der Waals surface area contributed by atoms with Gasteiger partial charge in [-0.2, -0.15) is 0 Å². The van der Waals surface area contributed by atoms with Gasteiger partial charge in [0.25, 0.3) is 0 Å². The van der Waals surface area contributed by atoms with E-state index in [4.69, 9.17) is 19.3 Å². The highest BCUT2D eigenvalue weighted by atomic mass is 16.7. The van der Waals surface area contributed by atoms with Crippen LogP contribution in [0, 0.1) is 0 Å². The number of aliphatic carboxylic acids is 1. The van der Waals surface area contributed by atoms with Gasteiger partial charge in [-0.3, -0.25) is 0 Å². The molecule has 0 atom stereocenters. The fraction of sp³-hybridized carbons (Fsp3) is 0.0625. The molecule has 21 heavy (non-hydrogen) atoms. The minimum absolute atomic E-state index is 0.217. The first-order valence-electron chi connectivity index (χ1n) is 6.29. The Kier molecular flexibility index (Phi) is 3.47. The van der Waals surface area contributed by atoms with Gasteiger partial charge in [0.1, 0.15) is 11.5 Å². The van der Waals surface area contributed by atoms with E-state index in [1.165, 1.54) is 6.08 Å². The van der Waals surface area contributed by atoms with Gasteiger partial charge in [-0.1, -0.05) is 12.1 Å². The second kappa shape index (κ2) is 5.58. The van der Waals surface area contributed by atoms with Crippen LogP contribution in [0.5, 0.6) is 23.0 Å². The largest absolute Gasteiger partial charge is 0.478 e. The number of hydrogen-bond acceptors (Lipinski definition) is 4. The molecule has 0 aromatic heterocycles. The second-order valence-corrected chi connectivity index (χ2v) is 4.36. The molecule has 1 heterocycles. The van der Waals surface area contributed by atoms with Gasteiger partial charge in [0.2, 0.25) is 6.79 Å². The molecule has 1 aliphatic heterocycles. The molecule has 2 aromatic carbocycles. The zero-order valence-electron chi connectivity index (χ0n) is 11.0. The molecule has 3 rings (SSSR count). The van der Waals surface area contributed by atoms with E-state index in [2.05, 4.69) is 0 Å². The monoisotopic (exact) mass is 284 g/mol. The minimum Gasteiger partial charge on any atom is -0.478 e. The van der Waals surface area contributed by atoms with Crippen LogP contribution in [0.25, 0.3) is 6.08 Å². The Balaban J connectivity index is 1.78. The van der Waals surface area contributed by atoms with Gasteiger partial charge >= 0.3 is 5.97 Å². The van der Waals surface area contributed by atoms with Crippen LogP contribution in [0.3, 0.4) is 0 Å². The summed E-state index contributed by atoms with van der Waals surface area (Å²) in [5.41, 5.74) is 0.746. The molecule has 0 radical (unpaired) electrons. The summed E-state index contributed by atoms with van der Waals surface area (Å²) in [5, 5.41) is 8.63. The zero-order chi connectivity index (χ0) is 14.7. The first kappa shape index (κ1) is 13.1. The molecule has 5 heteroatoms. The normalized spacial score (nSPS) is 12.6. The molecule has 106 valence electrons. The molecular weight excluding hydrogens is 272 g/mol. The summed E-state index contributed by atoms with van der Waals surface area (Å²) in [6.45, 7) is 0.217. The molecule has 0 aliphatic carbocycles. The molecule has 1 N–H and O–H groups in total. The summed E-state index contributed by atoms with van der Waals surface area (Å²) in [4.78, 5) is 10.5. The summed E-state index contributed by atoms with van der Waals surface area (Å²) in [6.07, 6.45) is 2.59. The van der Waals surface area contributed by atoms with Crippen molar-refractivity contribution in [1.82, 2.24) is 0 Å². The summed E-state index contributed by atoms with van der Waals surface area (Å²) in [6, 6.07) is 12.5. The van der Waals surface area contributed by atoms with Crippen molar-refractivity contribution >= 4 is 12.0 Å². The Bertz CT molecular complexity index is 706. The van der Waals surface area contributed by atoms with E-state index >= 15 is 0 Å². The number of carboxylic acid groups (broad SMARTS) is 1. The Hall–Kier alpha value is -2.95. The van der Waals surface area contributed by atoms with E-state index in [-0.39, 0.29) is 6.79 Å². The Labute approximate surface area is 121 Å². The average molecular weight is 284 g/mol. The van der Waals surface area contributed by atoms with Crippen LogP contribution < -0.4 is 14.2 Å². The lowest BCUT2D eigenvalue weighted by Gasteiger charge is -2.07. The van der Waals surface area contributed by atoms with Crippen molar-refractivity contribution in [2.24, 2.45) is 0 Å². The summed E-state index contributed by atoms with van der Waals surface area (Å²) >= 11 is 0. The van der Waals surface area contributed by atoms with Crippen LogP contribution in [0.4, 0.5) is 0 Å². The van der Waals surface area contributed by atoms with Crippen LogP contribution in [0.15, 0.2) is 48.5 Å². The third-order valence-electron chi connectivity index (χ3n) is 2.86. The van der Waals surface area contributed by atoms with Crippen LogP contribution in [-0.2, 0) is 4.79 Å². The molecule has 2 aromatic rings. The predicted octanol–water partition coefficient (Wildman–Crippen LogP) is 3.31. The molecule has 0 saturated carbocycles. The Morgan fingerprint density at radius 1 is 1.10 bits per heavy atom. The van der Waals surface area contributed by atoms with Gasteiger partial charge in [-0.15, -0.1) is 0 Å². The first-order valence-corrected chi connectivity index (χ1v) is 6.29. The molecule has 0 unspecified atom stereocenters. The van der Waals surface area contributed by atoms with Gasteiger partial charge in [-0.25, -0.2) is 4.79 Å². The van der Waals surface area contributed by atoms with Crippen molar-refractivity contribution in [3.05, 3.63) is 54.1 Å². The number of rotatable bonds is 4. The van der Waals surface area contributed by atoms with E-state index in [9.17, 15) is 4.79 Å². The quantitative estimate of drug-likeness (QED) is 0.873. The Morgan fingerprint density at radius 3 is 2.76 bits per heavy atom. The lowest BCUT2D eigenvalue weighted by molar-refractivity contribution is -0.131. The van der Waals surface area contributed by atoms with Crippen molar-refractivity contribution < 1.29 is 24.1 Å². The number of carboxylic acids is 1. The number of fused-ring (bicyclic) bond motifs is 1. The standard InChI is InChI=1S/C16H12O5/c17-16(18)7-4-11-2-1-3-12(8-11)21-13-5-6-14-15(9-13)20-10-19-14/h1-9H,10H2,(H,17,18). The summed E-state index contributed by atoms with van der Waals surface area (Å²) in [7, 11) is 0. The molecule has 0 saturated heterocycles. The van der Waals surface area contributed by atoms with Gasteiger partial charge in [0, 0.05) is 12.1 Å². The fourth-order valence-electron chi connectivity index (χ4n) is 1.93. The van der Waals surface area contributed by atoms with Crippen LogP contribution in [0.2, 0.25) is 0 Å². The van der Waals surface area contributed by atoms with Crippen LogP contribution >= 0.6 is 0 Å². The van der Waals surface area contributed by atoms with Crippen molar-refractivity contribution in [1.29, 1.82) is 0 Å². The maximum atomic E-state index is 10.5. The lowest BCUT2D eigenvalue weighted by atomic mass is 10.2. The molecular formula is C16H12O5. The third kappa shape index (κ3) is 3.14. The summed E-state index contributed by atoms with van der Waals surface area (Å²) < 4.78 is 16.3. The van der Waals surface area contributed by atoms with Crippen LogP contribution in [0.1, 0.15) is 5.56 Å². The minimum atomic E-state index is -0.989. The molecule has 0 amide bonds. The maximum absolute atomic E-state index is 10.5.